The van der Waals surface area contributed by atoms with E-state index in [-0.39, 0.29) is 18.1 Å². The van der Waals surface area contributed by atoms with E-state index in [2.05, 4.69) is 40.8 Å². The van der Waals surface area contributed by atoms with Gasteiger partial charge in [0.1, 0.15) is 0 Å². The van der Waals surface area contributed by atoms with E-state index < -0.39 is 0 Å². The molecule has 5 heteroatoms. The minimum absolute atomic E-state index is 0.0947. The van der Waals surface area contributed by atoms with Crippen LogP contribution in [-0.2, 0) is 13.0 Å². The third-order valence-electron chi connectivity index (χ3n) is 4.46. The molecule has 5 nitrogen and oxygen atoms in total. The van der Waals surface area contributed by atoms with Crippen LogP contribution in [0.4, 0.5) is 10.5 Å². The smallest absolute Gasteiger partial charge is 0.315 e. The SMILES string of the molecule is CN1CCCc2cc(CNC(=O)NCC(C)(C)CCO)ccc21. The molecule has 0 aliphatic carbocycles. The Bertz CT molecular complexity index is 543. The van der Waals surface area contributed by atoms with E-state index in [1.165, 1.54) is 17.7 Å². The fourth-order valence-electron chi connectivity index (χ4n) is 2.90. The number of carbonyl (C=O) groups excluding carboxylic acids is 1. The summed E-state index contributed by atoms with van der Waals surface area (Å²) in [5.74, 6) is 0. The van der Waals surface area contributed by atoms with E-state index in [1.807, 2.05) is 13.8 Å². The van der Waals surface area contributed by atoms with Gasteiger partial charge in [0, 0.05) is 39.0 Å². The maximum absolute atomic E-state index is 11.9. The van der Waals surface area contributed by atoms with Crippen molar-refractivity contribution in [1.29, 1.82) is 0 Å². The standard InChI is InChI=1S/C18H29N3O2/c1-18(2,8-10-22)13-20-17(23)19-12-14-6-7-16-15(11-14)5-4-9-21(16)3/h6-7,11,22H,4-5,8-10,12-13H2,1-3H3,(H2,19,20,23). The molecule has 1 aliphatic rings. The van der Waals surface area contributed by atoms with Gasteiger partial charge in [-0.05, 0) is 41.9 Å². The number of hydrogen-bond donors (Lipinski definition) is 3. The molecule has 3 N–H and O–H groups in total. The minimum Gasteiger partial charge on any atom is -0.396 e. The van der Waals surface area contributed by atoms with Crippen LogP contribution >= 0.6 is 0 Å². The Labute approximate surface area is 139 Å². The third-order valence-corrected chi connectivity index (χ3v) is 4.46. The van der Waals surface area contributed by atoms with Gasteiger partial charge in [0.25, 0.3) is 0 Å². The predicted octanol–water partition coefficient (Wildman–Crippen LogP) is 2.28. The van der Waals surface area contributed by atoms with E-state index in [0.29, 0.717) is 19.5 Å². The molecule has 0 radical (unpaired) electrons. The molecular formula is C18H29N3O2. The first kappa shape index (κ1) is 17.6. The highest BCUT2D eigenvalue weighted by molar-refractivity contribution is 5.73. The van der Waals surface area contributed by atoms with Crippen LogP contribution in [0.2, 0.25) is 0 Å². The van der Waals surface area contributed by atoms with Gasteiger partial charge in [-0.15, -0.1) is 0 Å². The van der Waals surface area contributed by atoms with Crippen LogP contribution in [0, 0.1) is 5.41 Å². The molecule has 1 heterocycles. The average molecular weight is 319 g/mol. The molecule has 0 saturated heterocycles. The van der Waals surface area contributed by atoms with Gasteiger partial charge in [0.15, 0.2) is 0 Å². The maximum Gasteiger partial charge on any atom is 0.315 e. The Hall–Kier alpha value is -1.75. The summed E-state index contributed by atoms with van der Waals surface area (Å²) in [7, 11) is 2.12. The summed E-state index contributed by atoms with van der Waals surface area (Å²) in [6, 6.07) is 6.26. The van der Waals surface area contributed by atoms with Crippen molar-refractivity contribution >= 4 is 11.7 Å². The van der Waals surface area contributed by atoms with Crippen LogP contribution in [0.15, 0.2) is 18.2 Å². The molecule has 2 amide bonds. The second-order valence-electron chi connectivity index (χ2n) is 7.16. The molecule has 23 heavy (non-hydrogen) atoms. The molecule has 0 saturated carbocycles. The highest BCUT2D eigenvalue weighted by Gasteiger charge is 2.18. The average Bonchev–Trinajstić information content (AvgIpc) is 2.51. The van der Waals surface area contributed by atoms with Crippen molar-refractivity contribution in [3.63, 3.8) is 0 Å². The zero-order chi connectivity index (χ0) is 16.9. The van der Waals surface area contributed by atoms with Crippen molar-refractivity contribution < 1.29 is 9.90 Å². The van der Waals surface area contributed by atoms with Gasteiger partial charge in [-0.2, -0.15) is 0 Å². The monoisotopic (exact) mass is 319 g/mol. The Kier molecular flexibility index (Phi) is 5.88. The molecule has 1 aliphatic heterocycles. The molecule has 0 spiro atoms. The van der Waals surface area contributed by atoms with Gasteiger partial charge in [0.05, 0.1) is 0 Å². The normalized spacial score (nSPS) is 14.3. The number of aryl methyl sites for hydroxylation is 1. The predicted molar refractivity (Wildman–Crippen MR) is 93.8 cm³/mol. The van der Waals surface area contributed by atoms with Gasteiger partial charge < -0.3 is 20.6 Å². The zero-order valence-corrected chi connectivity index (χ0v) is 14.5. The highest BCUT2D eigenvalue weighted by atomic mass is 16.3. The molecule has 2 rings (SSSR count). The van der Waals surface area contributed by atoms with Crippen LogP contribution in [0.3, 0.4) is 0 Å². The number of hydrogen-bond acceptors (Lipinski definition) is 3. The number of rotatable bonds is 6. The first-order chi connectivity index (χ1) is 10.9. The minimum atomic E-state index is -0.161. The fourth-order valence-corrected chi connectivity index (χ4v) is 2.90. The van der Waals surface area contributed by atoms with Crippen molar-refractivity contribution in [3.8, 4) is 0 Å². The highest BCUT2D eigenvalue weighted by Crippen LogP contribution is 2.26. The summed E-state index contributed by atoms with van der Waals surface area (Å²) in [6.07, 6.45) is 2.96. The summed E-state index contributed by atoms with van der Waals surface area (Å²) in [4.78, 5) is 14.2. The fraction of sp³-hybridized carbons (Fsp3) is 0.611. The number of anilines is 1. The molecule has 0 atom stereocenters. The lowest BCUT2D eigenvalue weighted by molar-refractivity contribution is 0.201. The van der Waals surface area contributed by atoms with E-state index in [0.717, 1.165) is 18.5 Å². The van der Waals surface area contributed by atoms with Crippen LogP contribution in [0.5, 0.6) is 0 Å². The molecule has 1 aromatic carbocycles. The first-order valence-corrected chi connectivity index (χ1v) is 8.37. The van der Waals surface area contributed by atoms with Crippen LogP contribution in [0.25, 0.3) is 0 Å². The van der Waals surface area contributed by atoms with Crippen molar-refractivity contribution in [2.24, 2.45) is 5.41 Å². The van der Waals surface area contributed by atoms with Crippen LogP contribution in [-0.4, -0.2) is 37.9 Å². The zero-order valence-electron chi connectivity index (χ0n) is 14.5. The molecule has 128 valence electrons. The second-order valence-corrected chi connectivity index (χ2v) is 7.16. The summed E-state index contributed by atoms with van der Waals surface area (Å²) in [6.45, 7) is 6.39. The van der Waals surface area contributed by atoms with Gasteiger partial charge in [0.2, 0.25) is 0 Å². The molecule has 1 aromatic rings. The summed E-state index contributed by atoms with van der Waals surface area (Å²) in [5.41, 5.74) is 3.70. The van der Waals surface area contributed by atoms with Gasteiger partial charge >= 0.3 is 6.03 Å². The lowest BCUT2D eigenvalue weighted by Crippen LogP contribution is -2.40. The molecule has 0 aromatic heterocycles. The summed E-state index contributed by atoms with van der Waals surface area (Å²) in [5, 5.41) is 14.8. The molecule has 0 fully saturated rings. The Morgan fingerprint density at radius 3 is 2.87 bits per heavy atom. The van der Waals surface area contributed by atoms with E-state index in [1.54, 1.807) is 0 Å². The number of nitrogens with one attached hydrogen (secondary N) is 2. The van der Waals surface area contributed by atoms with Crippen molar-refractivity contribution in [2.45, 2.75) is 39.7 Å². The topological polar surface area (TPSA) is 64.6 Å². The number of carbonyl (C=O) groups is 1. The number of nitrogens with zero attached hydrogens (tertiary/aromatic N) is 1. The van der Waals surface area contributed by atoms with Crippen LogP contribution < -0.4 is 15.5 Å². The number of amides is 2. The summed E-state index contributed by atoms with van der Waals surface area (Å²) < 4.78 is 0. The van der Waals surface area contributed by atoms with Crippen molar-refractivity contribution in [3.05, 3.63) is 29.3 Å². The number of fused-ring (bicyclic) bond motifs is 1. The molecule has 0 bridgehead atoms. The number of aliphatic hydroxyl groups excluding tert-OH is 1. The van der Waals surface area contributed by atoms with E-state index >= 15 is 0 Å². The first-order valence-electron chi connectivity index (χ1n) is 8.37. The van der Waals surface area contributed by atoms with Gasteiger partial charge in [-0.1, -0.05) is 26.0 Å². The molecule has 0 unspecified atom stereocenters. The Morgan fingerprint density at radius 2 is 2.13 bits per heavy atom. The number of aliphatic hydroxyl groups is 1. The quantitative estimate of drug-likeness (QED) is 0.754. The number of benzene rings is 1. The van der Waals surface area contributed by atoms with E-state index in [9.17, 15) is 4.79 Å². The van der Waals surface area contributed by atoms with E-state index in [4.69, 9.17) is 5.11 Å². The van der Waals surface area contributed by atoms with Crippen LogP contribution in [0.1, 0.15) is 37.8 Å². The Morgan fingerprint density at radius 1 is 1.35 bits per heavy atom. The summed E-state index contributed by atoms with van der Waals surface area (Å²) >= 11 is 0. The lowest BCUT2D eigenvalue weighted by Gasteiger charge is -2.28. The number of urea groups is 1. The van der Waals surface area contributed by atoms with Gasteiger partial charge in [-0.3, -0.25) is 0 Å². The largest absolute Gasteiger partial charge is 0.396 e. The third kappa shape index (κ3) is 5.13. The Balaban J connectivity index is 1.83. The van der Waals surface area contributed by atoms with Crippen molar-refractivity contribution in [2.75, 3.05) is 31.6 Å². The lowest BCUT2D eigenvalue weighted by atomic mass is 9.90. The molecular weight excluding hydrogens is 290 g/mol. The van der Waals surface area contributed by atoms with Gasteiger partial charge in [-0.25, -0.2) is 4.79 Å². The second kappa shape index (κ2) is 7.68. The van der Waals surface area contributed by atoms with Crippen molar-refractivity contribution in [1.82, 2.24) is 10.6 Å². The maximum atomic E-state index is 11.9.